The first kappa shape index (κ1) is 18.0. The Bertz CT molecular complexity index is 576. The van der Waals surface area contributed by atoms with Crippen molar-refractivity contribution in [2.45, 2.75) is 20.3 Å². The van der Waals surface area contributed by atoms with Crippen LogP contribution in [0.3, 0.4) is 0 Å². The summed E-state index contributed by atoms with van der Waals surface area (Å²) in [5.74, 6) is -0.131. The third-order valence-electron chi connectivity index (χ3n) is 2.62. The van der Waals surface area contributed by atoms with Crippen LogP contribution >= 0.6 is 11.6 Å². The van der Waals surface area contributed by atoms with Gasteiger partial charge < -0.3 is 9.47 Å². The van der Waals surface area contributed by atoms with E-state index in [0.717, 1.165) is 0 Å². The van der Waals surface area contributed by atoms with Gasteiger partial charge in [0.25, 0.3) is 0 Å². The Morgan fingerprint density at radius 2 is 1.77 bits per heavy atom. The SMILES string of the molecule is CCOC(=O)CC=C(C=CC(=O)c1ccccc1Cl)OCC. The quantitative estimate of drug-likeness (QED) is 0.239. The van der Waals surface area contributed by atoms with Crippen LogP contribution in [0.5, 0.6) is 0 Å². The fraction of sp³-hybridized carbons (Fsp3) is 0.294. The van der Waals surface area contributed by atoms with Gasteiger partial charge in [-0.25, -0.2) is 0 Å². The van der Waals surface area contributed by atoms with Crippen LogP contribution in [0.4, 0.5) is 0 Å². The Labute approximate surface area is 135 Å². The minimum absolute atomic E-state index is 0.0911. The molecule has 0 bridgehead atoms. The smallest absolute Gasteiger partial charge is 0.309 e. The Morgan fingerprint density at radius 1 is 1.09 bits per heavy atom. The number of benzene rings is 1. The average molecular weight is 323 g/mol. The Balaban J connectivity index is 2.77. The van der Waals surface area contributed by atoms with Crippen molar-refractivity contribution >= 4 is 23.4 Å². The summed E-state index contributed by atoms with van der Waals surface area (Å²) in [5, 5.41) is 0.394. The number of rotatable bonds is 8. The lowest BCUT2D eigenvalue weighted by molar-refractivity contribution is -0.142. The van der Waals surface area contributed by atoms with Gasteiger partial charge in [0.2, 0.25) is 0 Å². The molecular formula is C17H19ClO4. The minimum Gasteiger partial charge on any atom is -0.494 e. The zero-order chi connectivity index (χ0) is 16.4. The average Bonchev–Trinajstić information content (AvgIpc) is 2.50. The van der Waals surface area contributed by atoms with E-state index in [1.165, 1.54) is 12.2 Å². The van der Waals surface area contributed by atoms with Crippen LogP contribution in [-0.2, 0) is 14.3 Å². The number of ether oxygens (including phenoxy) is 2. The van der Waals surface area contributed by atoms with E-state index in [1.807, 2.05) is 6.92 Å². The third kappa shape index (κ3) is 6.14. The molecule has 0 radical (unpaired) electrons. The van der Waals surface area contributed by atoms with E-state index >= 15 is 0 Å². The second-order valence-electron chi connectivity index (χ2n) is 4.23. The van der Waals surface area contributed by atoms with Gasteiger partial charge in [-0.05, 0) is 44.2 Å². The highest BCUT2D eigenvalue weighted by Gasteiger charge is 2.06. The molecule has 0 unspecified atom stereocenters. The summed E-state index contributed by atoms with van der Waals surface area (Å²) in [5.41, 5.74) is 0.418. The van der Waals surface area contributed by atoms with Crippen LogP contribution < -0.4 is 0 Å². The molecule has 0 amide bonds. The molecule has 5 heteroatoms. The highest BCUT2D eigenvalue weighted by atomic mass is 35.5. The van der Waals surface area contributed by atoms with Gasteiger partial charge in [-0.15, -0.1) is 0 Å². The molecule has 0 aliphatic heterocycles. The molecule has 118 valence electrons. The molecule has 0 heterocycles. The first-order valence-corrected chi connectivity index (χ1v) is 7.41. The first-order chi connectivity index (χ1) is 10.6. The van der Waals surface area contributed by atoms with Crippen molar-refractivity contribution in [3.05, 3.63) is 58.8 Å². The van der Waals surface area contributed by atoms with Crippen LogP contribution in [0.15, 0.2) is 48.3 Å². The van der Waals surface area contributed by atoms with Crippen LogP contribution in [0.2, 0.25) is 5.02 Å². The summed E-state index contributed by atoms with van der Waals surface area (Å²) in [4.78, 5) is 23.4. The van der Waals surface area contributed by atoms with Gasteiger partial charge >= 0.3 is 5.97 Å². The van der Waals surface area contributed by atoms with Gasteiger partial charge in [0, 0.05) is 5.56 Å². The highest BCUT2D eigenvalue weighted by molar-refractivity contribution is 6.34. The second-order valence-corrected chi connectivity index (χ2v) is 4.63. The maximum absolute atomic E-state index is 12.1. The molecule has 0 N–H and O–H groups in total. The van der Waals surface area contributed by atoms with E-state index in [9.17, 15) is 9.59 Å². The maximum atomic E-state index is 12.1. The number of carbonyl (C=O) groups is 2. The van der Waals surface area contributed by atoms with Crippen LogP contribution in [0, 0.1) is 0 Å². The maximum Gasteiger partial charge on any atom is 0.309 e. The Hall–Kier alpha value is -2.07. The number of allylic oxidation sites excluding steroid dienone is 2. The van der Waals surface area contributed by atoms with Crippen LogP contribution in [0.25, 0.3) is 0 Å². The molecule has 1 aromatic rings. The zero-order valence-electron chi connectivity index (χ0n) is 12.7. The molecule has 0 aliphatic carbocycles. The molecule has 0 saturated heterocycles. The molecule has 0 fully saturated rings. The van der Waals surface area contributed by atoms with E-state index in [2.05, 4.69) is 0 Å². The highest BCUT2D eigenvalue weighted by Crippen LogP contribution is 2.16. The van der Waals surface area contributed by atoms with Gasteiger partial charge in [0.1, 0.15) is 5.76 Å². The Morgan fingerprint density at radius 3 is 2.41 bits per heavy atom. The fourth-order valence-corrected chi connectivity index (χ4v) is 1.88. The van der Waals surface area contributed by atoms with Crippen molar-refractivity contribution in [1.29, 1.82) is 0 Å². The lowest BCUT2D eigenvalue weighted by atomic mass is 10.1. The van der Waals surface area contributed by atoms with Crippen molar-refractivity contribution in [2.24, 2.45) is 0 Å². The molecule has 22 heavy (non-hydrogen) atoms. The third-order valence-corrected chi connectivity index (χ3v) is 2.95. The normalized spacial score (nSPS) is 11.5. The van der Waals surface area contributed by atoms with Gasteiger partial charge in [-0.3, -0.25) is 9.59 Å². The number of esters is 1. The predicted molar refractivity (Wildman–Crippen MR) is 85.9 cm³/mol. The number of hydrogen-bond donors (Lipinski definition) is 0. The van der Waals surface area contributed by atoms with Gasteiger partial charge in [0.15, 0.2) is 5.78 Å². The standard InChI is InChI=1S/C17H19ClO4/c1-3-21-13(10-12-17(20)22-4-2)9-11-16(19)14-7-5-6-8-15(14)18/h5-11H,3-4,12H2,1-2H3. The Kier molecular flexibility index (Phi) is 8.00. The number of ketones is 1. The van der Waals surface area contributed by atoms with E-state index in [4.69, 9.17) is 21.1 Å². The molecule has 0 aromatic heterocycles. The first-order valence-electron chi connectivity index (χ1n) is 7.04. The van der Waals surface area contributed by atoms with Crippen molar-refractivity contribution in [2.75, 3.05) is 13.2 Å². The summed E-state index contributed by atoms with van der Waals surface area (Å²) in [7, 11) is 0. The molecule has 1 rings (SSSR count). The summed E-state index contributed by atoms with van der Waals surface area (Å²) in [6, 6.07) is 6.81. The second kappa shape index (κ2) is 9.79. The molecule has 4 nitrogen and oxygen atoms in total. The summed E-state index contributed by atoms with van der Waals surface area (Å²) >= 11 is 5.97. The predicted octanol–water partition coefficient (Wildman–Crippen LogP) is 3.95. The fourth-order valence-electron chi connectivity index (χ4n) is 1.65. The van der Waals surface area contributed by atoms with E-state index in [-0.39, 0.29) is 18.2 Å². The zero-order valence-corrected chi connectivity index (χ0v) is 13.4. The monoisotopic (exact) mass is 322 g/mol. The van der Waals surface area contributed by atoms with E-state index in [0.29, 0.717) is 29.6 Å². The van der Waals surface area contributed by atoms with Crippen LogP contribution in [-0.4, -0.2) is 25.0 Å². The lowest BCUT2D eigenvalue weighted by Crippen LogP contribution is -2.03. The lowest BCUT2D eigenvalue weighted by Gasteiger charge is -2.04. The topological polar surface area (TPSA) is 52.6 Å². The van der Waals surface area contributed by atoms with E-state index < -0.39 is 0 Å². The molecule has 0 atom stereocenters. The molecule has 1 aromatic carbocycles. The molecule has 0 spiro atoms. The minimum atomic E-state index is -0.342. The number of carbonyl (C=O) groups excluding carboxylic acids is 2. The molecule has 0 saturated carbocycles. The van der Waals surface area contributed by atoms with Crippen molar-refractivity contribution in [3.63, 3.8) is 0 Å². The number of hydrogen-bond acceptors (Lipinski definition) is 4. The van der Waals surface area contributed by atoms with Gasteiger partial charge in [-0.2, -0.15) is 0 Å². The van der Waals surface area contributed by atoms with Crippen molar-refractivity contribution in [3.8, 4) is 0 Å². The van der Waals surface area contributed by atoms with Gasteiger partial charge in [0.05, 0.1) is 24.7 Å². The van der Waals surface area contributed by atoms with Crippen molar-refractivity contribution < 1.29 is 19.1 Å². The van der Waals surface area contributed by atoms with E-state index in [1.54, 1.807) is 37.3 Å². The van der Waals surface area contributed by atoms with Gasteiger partial charge in [-0.1, -0.05) is 23.7 Å². The number of halogens is 1. The van der Waals surface area contributed by atoms with Crippen molar-refractivity contribution in [1.82, 2.24) is 0 Å². The molecular weight excluding hydrogens is 304 g/mol. The summed E-state index contributed by atoms with van der Waals surface area (Å²) < 4.78 is 10.2. The largest absolute Gasteiger partial charge is 0.494 e. The summed E-state index contributed by atoms with van der Waals surface area (Å²) in [6.07, 6.45) is 4.56. The molecule has 0 aliphatic rings. The van der Waals surface area contributed by atoms with Crippen LogP contribution in [0.1, 0.15) is 30.6 Å². The summed E-state index contributed by atoms with van der Waals surface area (Å²) in [6.45, 7) is 4.33.